The van der Waals surface area contributed by atoms with Gasteiger partial charge in [-0.05, 0) is 69.6 Å². The lowest BCUT2D eigenvalue weighted by molar-refractivity contribution is 0.337. The molecule has 0 radical (unpaired) electrons. The molecular weight excluding hydrogens is 232 g/mol. The van der Waals surface area contributed by atoms with Crippen LogP contribution in [0.5, 0.6) is 0 Å². The number of aryl methyl sites for hydroxylation is 1. The molecule has 0 bridgehead atoms. The van der Waals surface area contributed by atoms with Crippen molar-refractivity contribution in [3.8, 4) is 0 Å². The molecule has 94 valence electrons. The molecule has 0 atom stereocenters. The first-order chi connectivity index (χ1) is 8.25. The van der Waals surface area contributed by atoms with Crippen molar-refractivity contribution < 1.29 is 0 Å². The lowest BCUT2D eigenvalue weighted by Gasteiger charge is -2.15. The highest BCUT2D eigenvalue weighted by molar-refractivity contribution is 6.30. The Bertz CT molecular complexity index is 359. The van der Waals surface area contributed by atoms with Gasteiger partial charge in [0.2, 0.25) is 0 Å². The van der Waals surface area contributed by atoms with Crippen LogP contribution in [0.25, 0.3) is 0 Å². The zero-order chi connectivity index (χ0) is 12.1. The van der Waals surface area contributed by atoms with E-state index in [2.05, 4.69) is 23.2 Å². The number of rotatable bonds is 5. The summed E-state index contributed by atoms with van der Waals surface area (Å²) >= 11 is 5.93. The van der Waals surface area contributed by atoms with Crippen molar-refractivity contribution in [3.05, 3.63) is 28.8 Å². The highest BCUT2D eigenvalue weighted by Crippen LogP contribution is 2.19. The van der Waals surface area contributed by atoms with Crippen LogP contribution in [0.2, 0.25) is 5.02 Å². The summed E-state index contributed by atoms with van der Waals surface area (Å²) in [5, 5.41) is 4.29. The maximum atomic E-state index is 5.93. The SMILES string of the molecule is Cc1cc(Cl)ccc1NCCCN1CCCC1. The third-order valence-electron chi connectivity index (χ3n) is 3.35. The molecule has 17 heavy (non-hydrogen) atoms. The molecule has 3 heteroatoms. The summed E-state index contributed by atoms with van der Waals surface area (Å²) in [5.74, 6) is 0. The summed E-state index contributed by atoms with van der Waals surface area (Å²) in [7, 11) is 0. The molecule has 1 aliphatic rings. The number of hydrogen-bond acceptors (Lipinski definition) is 2. The van der Waals surface area contributed by atoms with E-state index in [4.69, 9.17) is 11.6 Å². The van der Waals surface area contributed by atoms with Crippen molar-refractivity contribution in [2.75, 3.05) is 31.5 Å². The molecule has 0 unspecified atom stereocenters. The first kappa shape index (κ1) is 12.7. The highest BCUT2D eigenvalue weighted by atomic mass is 35.5. The van der Waals surface area contributed by atoms with Crippen LogP contribution in [-0.2, 0) is 0 Å². The van der Waals surface area contributed by atoms with Crippen LogP contribution in [0.4, 0.5) is 5.69 Å². The molecule has 2 nitrogen and oxygen atoms in total. The van der Waals surface area contributed by atoms with Crippen molar-refractivity contribution in [3.63, 3.8) is 0 Å². The van der Waals surface area contributed by atoms with Gasteiger partial charge in [-0.25, -0.2) is 0 Å². The first-order valence-corrected chi connectivity index (χ1v) is 6.86. The number of anilines is 1. The Hall–Kier alpha value is -0.730. The Labute approximate surface area is 109 Å². The van der Waals surface area contributed by atoms with Gasteiger partial charge in [0.05, 0.1) is 0 Å². The molecule has 0 spiro atoms. The Morgan fingerprint density at radius 2 is 2.06 bits per heavy atom. The smallest absolute Gasteiger partial charge is 0.0410 e. The third kappa shape index (κ3) is 3.90. The van der Waals surface area contributed by atoms with Gasteiger partial charge in [-0.3, -0.25) is 0 Å². The summed E-state index contributed by atoms with van der Waals surface area (Å²) in [6, 6.07) is 6.01. The van der Waals surface area contributed by atoms with Crippen molar-refractivity contribution in [2.45, 2.75) is 26.2 Å². The fraction of sp³-hybridized carbons (Fsp3) is 0.571. The van der Waals surface area contributed by atoms with Gasteiger partial charge in [0.1, 0.15) is 0 Å². The topological polar surface area (TPSA) is 15.3 Å². The predicted molar refractivity (Wildman–Crippen MR) is 75.0 cm³/mol. The second kappa shape index (κ2) is 6.27. The fourth-order valence-corrected chi connectivity index (χ4v) is 2.58. The Kier molecular flexibility index (Phi) is 4.69. The van der Waals surface area contributed by atoms with E-state index >= 15 is 0 Å². The number of benzene rings is 1. The van der Waals surface area contributed by atoms with Crippen molar-refractivity contribution in [1.82, 2.24) is 4.90 Å². The quantitative estimate of drug-likeness (QED) is 0.807. The second-order valence-electron chi connectivity index (χ2n) is 4.79. The minimum absolute atomic E-state index is 0.810. The maximum Gasteiger partial charge on any atom is 0.0410 e. The van der Waals surface area contributed by atoms with Crippen LogP contribution in [0.15, 0.2) is 18.2 Å². The van der Waals surface area contributed by atoms with Crippen molar-refractivity contribution in [1.29, 1.82) is 0 Å². The van der Waals surface area contributed by atoms with E-state index in [-0.39, 0.29) is 0 Å². The van der Waals surface area contributed by atoms with Gasteiger partial charge in [0.25, 0.3) is 0 Å². The van der Waals surface area contributed by atoms with Gasteiger partial charge in [0, 0.05) is 17.3 Å². The standard InChI is InChI=1S/C14H21ClN2/c1-12-11-13(15)5-6-14(12)16-7-4-10-17-8-2-3-9-17/h5-6,11,16H,2-4,7-10H2,1H3. The van der Waals surface area contributed by atoms with E-state index < -0.39 is 0 Å². The lowest BCUT2D eigenvalue weighted by Crippen LogP contribution is -2.22. The Morgan fingerprint density at radius 3 is 2.76 bits per heavy atom. The lowest BCUT2D eigenvalue weighted by atomic mass is 10.2. The summed E-state index contributed by atoms with van der Waals surface area (Å²) in [6.07, 6.45) is 3.97. The minimum atomic E-state index is 0.810. The van der Waals surface area contributed by atoms with E-state index in [0.717, 1.165) is 11.6 Å². The first-order valence-electron chi connectivity index (χ1n) is 6.48. The van der Waals surface area contributed by atoms with Crippen molar-refractivity contribution in [2.24, 2.45) is 0 Å². The van der Waals surface area contributed by atoms with Gasteiger partial charge in [0.15, 0.2) is 0 Å². The van der Waals surface area contributed by atoms with Gasteiger partial charge in [-0.2, -0.15) is 0 Å². The monoisotopic (exact) mass is 252 g/mol. The average molecular weight is 253 g/mol. The summed E-state index contributed by atoms with van der Waals surface area (Å²) in [5.41, 5.74) is 2.43. The summed E-state index contributed by atoms with van der Waals surface area (Å²) < 4.78 is 0. The zero-order valence-electron chi connectivity index (χ0n) is 10.5. The maximum absolute atomic E-state index is 5.93. The van der Waals surface area contributed by atoms with Crippen molar-refractivity contribution >= 4 is 17.3 Å². The van der Waals surface area contributed by atoms with Gasteiger partial charge >= 0.3 is 0 Å². The van der Waals surface area contributed by atoms with Crippen LogP contribution in [-0.4, -0.2) is 31.1 Å². The highest BCUT2D eigenvalue weighted by Gasteiger charge is 2.10. The van der Waals surface area contributed by atoms with Crippen LogP contribution in [0, 0.1) is 6.92 Å². The van der Waals surface area contributed by atoms with Crippen LogP contribution in [0.1, 0.15) is 24.8 Å². The van der Waals surface area contributed by atoms with E-state index in [1.165, 1.54) is 50.1 Å². The Morgan fingerprint density at radius 1 is 1.29 bits per heavy atom. The Balaban J connectivity index is 1.70. The second-order valence-corrected chi connectivity index (χ2v) is 5.22. The average Bonchev–Trinajstić information content (AvgIpc) is 2.79. The molecule has 1 aromatic rings. The molecule has 0 saturated carbocycles. The molecule has 1 saturated heterocycles. The number of hydrogen-bond donors (Lipinski definition) is 1. The van der Waals surface area contributed by atoms with Crippen LogP contribution in [0.3, 0.4) is 0 Å². The molecule has 0 aliphatic carbocycles. The number of halogens is 1. The van der Waals surface area contributed by atoms with Gasteiger partial charge < -0.3 is 10.2 Å². The van der Waals surface area contributed by atoms with Crippen LogP contribution < -0.4 is 5.32 Å². The molecule has 1 aromatic carbocycles. The fourth-order valence-electron chi connectivity index (χ4n) is 2.36. The van der Waals surface area contributed by atoms with Crippen LogP contribution >= 0.6 is 11.6 Å². The molecule has 0 aromatic heterocycles. The molecular formula is C14H21ClN2. The molecule has 1 heterocycles. The molecule has 1 N–H and O–H groups in total. The van der Waals surface area contributed by atoms with Gasteiger partial charge in [-0.1, -0.05) is 11.6 Å². The van der Waals surface area contributed by atoms with E-state index in [1.807, 2.05) is 12.1 Å². The number of likely N-dealkylation sites (tertiary alicyclic amines) is 1. The molecule has 0 amide bonds. The summed E-state index contributed by atoms with van der Waals surface area (Å²) in [4.78, 5) is 2.55. The molecule has 1 aliphatic heterocycles. The largest absolute Gasteiger partial charge is 0.385 e. The minimum Gasteiger partial charge on any atom is -0.385 e. The van der Waals surface area contributed by atoms with E-state index in [0.29, 0.717) is 0 Å². The van der Waals surface area contributed by atoms with E-state index in [1.54, 1.807) is 0 Å². The van der Waals surface area contributed by atoms with E-state index in [9.17, 15) is 0 Å². The number of nitrogens with zero attached hydrogens (tertiary/aromatic N) is 1. The zero-order valence-corrected chi connectivity index (χ0v) is 11.3. The molecule has 2 rings (SSSR count). The molecule has 1 fully saturated rings. The normalized spacial score (nSPS) is 16.4. The van der Waals surface area contributed by atoms with Gasteiger partial charge in [-0.15, -0.1) is 0 Å². The summed E-state index contributed by atoms with van der Waals surface area (Å²) in [6.45, 7) is 6.94. The third-order valence-corrected chi connectivity index (χ3v) is 3.59. The predicted octanol–water partition coefficient (Wildman–Crippen LogP) is 3.55. The number of nitrogens with one attached hydrogen (secondary N) is 1.